The van der Waals surface area contributed by atoms with E-state index < -0.39 is 15.0 Å². The van der Waals surface area contributed by atoms with Crippen molar-refractivity contribution in [2.45, 2.75) is 18.2 Å². The van der Waals surface area contributed by atoms with Crippen LogP contribution in [0.1, 0.15) is 23.8 Å². The van der Waals surface area contributed by atoms with Crippen LogP contribution in [0, 0.1) is 0 Å². The molecule has 0 aliphatic rings. The van der Waals surface area contributed by atoms with Crippen LogP contribution in [0.25, 0.3) is 0 Å². The Morgan fingerprint density at radius 1 is 1.37 bits per heavy atom. The van der Waals surface area contributed by atoms with E-state index in [0.717, 1.165) is 6.42 Å². The Bertz CT molecular complexity index is 537. The third kappa shape index (κ3) is 4.85. The summed E-state index contributed by atoms with van der Waals surface area (Å²) in [6.07, 6.45) is 2.15. The van der Waals surface area contributed by atoms with Gasteiger partial charge in [0, 0.05) is 30.5 Å². The monoisotopic (exact) mass is 309 g/mol. The van der Waals surface area contributed by atoms with Gasteiger partial charge in [0.15, 0.2) is 0 Å². The maximum atomic E-state index is 11.7. The molecule has 0 unspecified atom stereocenters. The highest BCUT2D eigenvalue weighted by Crippen LogP contribution is 2.18. The minimum atomic E-state index is -3.85. The van der Waals surface area contributed by atoms with Gasteiger partial charge < -0.3 is 14.0 Å². The van der Waals surface area contributed by atoms with Crippen LogP contribution in [0.2, 0.25) is 0 Å². The summed E-state index contributed by atoms with van der Waals surface area (Å²) >= 11 is 0. The van der Waals surface area contributed by atoms with Crippen LogP contribution in [0.5, 0.6) is 0 Å². The van der Waals surface area contributed by atoms with Crippen molar-refractivity contribution < 1.29 is 22.7 Å². The molecule has 1 rings (SSSR count). The fraction of sp³-hybridized carbons (Fsp3) is 0.545. The molecule has 8 heteroatoms. The smallest absolute Gasteiger partial charge is 0.355 e. The van der Waals surface area contributed by atoms with Crippen molar-refractivity contribution in [3.8, 4) is 0 Å². The number of halogens is 1. The Morgan fingerprint density at radius 3 is 2.58 bits per heavy atom. The molecule has 0 aliphatic carbocycles. The Morgan fingerprint density at radius 2 is 2.05 bits per heavy atom. The third-order valence-electron chi connectivity index (χ3n) is 2.28. The highest BCUT2D eigenvalue weighted by molar-refractivity contribution is 8.13. The van der Waals surface area contributed by atoms with Crippen LogP contribution in [0.3, 0.4) is 0 Å². The van der Waals surface area contributed by atoms with Crippen LogP contribution in [-0.2, 0) is 25.6 Å². The molecule has 1 aromatic rings. The zero-order valence-electron chi connectivity index (χ0n) is 10.8. The number of carbonyl (C=O) groups is 1. The van der Waals surface area contributed by atoms with Crippen molar-refractivity contribution in [1.82, 2.24) is 4.57 Å². The quantitative estimate of drug-likeness (QED) is 0.434. The van der Waals surface area contributed by atoms with E-state index >= 15 is 0 Å². The number of carbonyl (C=O) groups excluding carboxylic acids is 1. The topological polar surface area (TPSA) is 74.6 Å². The summed E-state index contributed by atoms with van der Waals surface area (Å²) in [7, 11) is 2.88. The van der Waals surface area contributed by atoms with Crippen LogP contribution < -0.4 is 0 Å². The minimum Gasteiger partial charge on any atom is -0.459 e. The molecule has 0 aromatic carbocycles. The molecule has 6 nitrogen and oxygen atoms in total. The number of esters is 1. The lowest BCUT2D eigenvalue weighted by Crippen LogP contribution is -2.13. The number of aryl methyl sites for hydroxylation is 1. The van der Waals surface area contributed by atoms with Gasteiger partial charge in [-0.25, -0.2) is 13.2 Å². The van der Waals surface area contributed by atoms with Crippen molar-refractivity contribution in [3.05, 3.63) is 18.0 Å². The van der Waals surface area contributed by atoms with Gasteiger partial charge in [-0.3, -0.25) is 0 Å². The first-order valence-corrected chi connectivity index (χ1v) is 8.03. The lowest BCUT2D eigenvalue weighted by Gasteiger charge is -2.05. The predicted molar refractivity (Wildman–Crippen MR) is 69.8 cm³/mol. The number of hydrogen-bond acceptors (Lipinski definition) is 5. The molecule has 0 bridgehead atoms. The SMILES string of the molecule is CCCOCCOC(=O)c1cc(S(=O)(=O)Cl)cn1C. The van der Waals surface area contributed by atoms with Crippen molar-refractivity contribution in [3.63, 3.8) is 0 Å². The van der Waals surface area contributed by atoms with E-state index in [-0.39, 0.29) is 17.2 Å². The first kappa shape index (κ1) is 16.0. The van der Waals surface area contributed by atoms with E-state index in [1.807, 2.05) is 6.92 Å². The molecule has 0 radical (unpaired) electrons. The molecule has 0 saturated heterocycles. The van der Waals surface area contributed by atoms with E-state index in [9.17, 15) is 13.2 Å². The summed E-state index contributed by atoms with van der Waals surface area (Å²) < 4.78 is 33.7. The molecule has 19 heavy (non-hydrogen) atoms. The Labute approximate surface area is 116 Å². The molecule has 0 aliphatic heterocycles. The van der Waals surface area contributed by atoms with Crippen LogP contribution >= 0.6 is 10.7 Å². The highest BCUT2D eigenvalue weighted by atomic mass is 35.7. The largest absolute Gasteiger partial charge is 0.459 e. The van der Waals surface area contributed by atoms with Gasteiger partial charge >= 0.3 is 5.97 Å². The lowest BCUT2D eigenvalue weighted by atomic mass is 10.4. The lowest BCUT2D eigenvalue weighted by molar-refractivity contribution is 0.0309. The summed E-state index contributed by atoms with van der Waals surface area (Å²) in [5.74, 6) is -0.617. The molecule has 0 N–H and O–H groups in total. The van der Waals surface area contributed by atoms with E-state index in [2.05, 4.69) is 0 Å². The first-order valence-electron chi connectivity index (χ1n) is 5.72. The zero-order valence-corrected chi connectivity index (χ0v) is 12.3. The molecule has 1 aromatic heterocycles. The summed E-state index contributed by atoms with van der Waals surface area (Å²) in [6.45, 7) is 3.01. The molecular weight excluding hydrogens is 294 g/mol. The third-order valence-corrected chi connectivity index (χ3v) is 3.60. The molecule has 0 saturated carbocycles. The highest BCUT2D eigenvalue weighted by Gasteiger charge is 2.19. The summed E-state index contributed by atoms with van der Waals surface area (Å²) in [4.78, 5) is 11.6. The molecule has 0 spiro atoms. The second-order valence-corrected chi connectivity index (χ2v) is 6.42. The van der Waals surface area contributed by atoms with Gasteiger partial charge in [0.25, 0.3) is 9.05 Å². The predicted octanol–water partition coefficient (Wildman–Crippen LogP) is 1.54. The van der Waals surface area contributed by atoms with Gasteiger partial charge in [-0.15, -0.1) is 0 Å². The average molecular weight is 310 g/mol. The fourth-order valence-electron chi connectivity index (χ4n) is 1.38. The molecule has 0 amide bonds. The van der Waals surface area contributed by atoms with E-state index in [0.29, 0.717) is 13.2 Å². The summed E-state index contributed by atoms with van der Waals surface area (Å²) in [5, 5.41) is 0. The van der Waals surface area contributed by atoms with Crippen LogP contribution in [0.4, 0.5) is 0 Å². The van der Waals surface area contributed by atoms with Crippen molar-refractivity contribution in [2.24, 2.45) is 7.05 Å². The first-order chi connectivity index (χ1) is 8.86. The maximum absolute atomic E-state index is 11.7. The van der Waals surface area contributed by atoms with E-state index in [1.165, 1.54) is 23.9 Å². The second kappa shape index (κ2) is 6.93. The number of rotatable bonds is 7. The van der Waals surface area contributed by atoms with Gasteiger partial charge in [-0.05, 0) is 12.5 Å². The van der Waals surface area contributed by atoms with E-state index in [1.54, 1.807) is 0 Å². The maximum Gasteiger partial charge on any atom is 0.355 e. The molecule has 0 fully saturated rings. The standard InChI is InChI=1S/C11H16ClNO5S/c1-3-4-17-5-6-18-11(14)10-7-9(8-13(10)2)19(12,15)16/h7-8H,3-6H2,1-2H3. The van der Waals surface area contributed by atoms with Crippen molar-refractivity contribution in [2.75, 3.05) is 19.8 Å². The fourth-order valence-corrected chi connectivity index (χ4v) is 2.17. The summed E-state index contributed by atoms with van der Waals surface area (Å²) in [5.41, 5.74) is 0.120. The Balaban J connectivity index is 2.60. The Kier molecular flexibility index (Phi) is 5.84. The van der Waals surface area contributed by atoms with Gasteiger partial charge in [0.2, 0.25) is 0 Å². The minimum absolute atomic E-state index is 0.118. The van der Waals surface area contributed by atoms with Gasteiger partial charge in [0.05, 0.1) is 6.61 Å². The number of hydrogen-bond donors (Lipinski definition) is 0. The van der Waals surface area contributed by atoms with Gasteiger partial charge in [-0.2, -0.15) is 0 Å². The van der Waals surface area contributed by atoms with Crippen molar-refractivity contribution >= 4 is 25.7 Å². The van der Waals surface area contributed by atoms with Crippen molar-refractivity contribution in [1.29, 1.82) is 0 Å². The average Bonchev–Trinajstić information content (AvgIpc) is 2.70. The molecule has 108 valence electrons. The zero-order chi connectivity index (χ0) is 14.5. The van der Waals surface area contributed by atoms with E-state index in [4.69, 9.17) is 20.2 Å². The van der Waals surface area contributed by atoms with Crippen LogP contribution in [-0.4, -0.2) is 38.8 Å². The normalized spacial score (nSPS) is 11.5. The number of aromatic nitrogens is 1. The van der Waals surface area contributed by atoms with Gasteiger partial charge in [0.1, 0.15) is 17.2 Å². The van der Waals surface area contributed by atoms with Gasteiger partial charge in [-0.1, -0.05) is 6.92 Å². The van der Waals surface area contributed by atoms with Crippen LogP contribution in [0.15, 0.2) is 17.2 Å². The molecule has 0 atom stereocenters. The number of nitrogens with zero attached hydrogens (tertiary/aromatic N) is 1. The second-order valence-electron chi connectivity index (χ2n) is 3.86. The molecule has 1 heterocycles. The molecular formula is C11H16ClNO5S. The number of ether oxygens (including phenoxy) is 2. The summed E-state index contributed by atoms with van der Waals surface area (Å²) in [6, 6.07) is 1.18. The Hall–Kier alpha value is -1.05.